The van der Waals surface area contributed by atoms with Gasteiger partial charge in [-0.25, -0.2) is 8.42 Å². The normalized spacial score (nSPS) is 22.1. The second kappa shape index (κ2) is 8.80. The van der Waals surface area contributed by atoms with Gasteiger partial charge < -0.3 is 9.64 Å². The zero-order valence-electron chi connectivity index (χ0n) is 15.8. The molecule has 0 aromatic heterocycles. The molecule has 2 saturated heterocycles. The van der Waals surface area contributed by atoms with Crippen LogP contribution < -0.4 is 0 Å². The van der Waals surface area contributed by atoms with Gasteiger partial charge in [-0.1, -0.05) is 11.6 Å². The Kier molecular flexibility index (Phi) is 6.62. The molecule has 0 aliphatic carbocycles. The number of piperidine rings is 2. The van der Waals surface area contributed by atoms with Crippen LogP contribution >= 0.6 is 11.6 Å². The van der Waals surface area contributed by atoms with E-state index in [4.69, 9.17) is 16.3 Å². The van der Waals surface area contributed by atoms with Crippen molar-refractivity contribution in [2.45, 2.75) is 30.6 Å². The van der Waals surface area contributed by atoms with Gasteiger partial charge in [0.15, 0.2) is 0 Å². The van der Waals surface area contributed by atoms with Crippen molar-refractivity contribution in [1.82, 2.24) is 9.21 Å². The summed E-state index contributed by atoms with van der Waals surface area (Å²) in [5.74, 6) is -0.781. The highest BCUT2D eigenvalue weighted by Crippen LogP contribution is 2.27. The monoisotopic (exact) mass is 428 g/mol. The molecule has 0 radical (unpaired) electrons. The Morgan fingerprint density at radius 2 is 1.68 bits per heavy atom. The predicted molar refractivity (Wildman–Crippen MR) is 104 cm³/mol. The Hall–Kier alpha value is -1.64. The fraction of sp³-hybridized carbons (Fsp3) is 0.579. The molecule has 2 heterocycles. The molecule has 1 amide bonds. The number of methoxy groups -OCH3 is 1. The third-order valence-corrected chi connectivity index (χ3v) is 7.66. The van der Waals surface area contributed by atoms with Gasteiger partial charge in [-0.3, -0.25) is 9.59 Å². The number of rotatable bonds is 4. The molecule has 2 aliphatic rings. The molecule has 3 rings (SSSR count). The fourth-order valence-corrected chi connectivity index (χ4v) is 5.53. The zero-order chi connectivity index (χ0) is 20.3. The average molecular weight is 429 g/mol. The van der Waals surface area contributed by atoms with Crippen LogP contribution in [-0.4, -0.2) is 62.8 Å². The van der Waals surface area contributed by atoms with Gasteiger partial charge in [0.2, 0.25) is 15.9 Å². The molecule has 0 unspecified atom stereocenters. The van der Waals surface area contributed by atoms with Crippen LogP contribution in [-0.2, 0) is 24.3 Å². The van der Waals surface area contributed by atoms with Crippen LogP contribution in [0.1, 0.15) is 25.7 Å². The van der Waals surface area contributed by atoms with Crippen molar-refractivity contribution >= 4 is 33.5 Å². The largest absolute Gasteiger partial charge is 0.469 e. The second-order valence-electron chi connectivity index (χ2n) is 7.28. The lowest BCUT2D eigenvalue weighted by Gasteiger charge is -2.37. The van der Waals surface area contributed by atoms with Gasteiger partial charge in [-0.05, 0) is 49.9 Å². The van der Waals surface area contributed by atoms with Gasteiger partial charge in [0.05, 0.1) is 23.8 Å². The Bertz CT molecular complexity index is 819. The third-order valence-electron chi connectivity index (χ3n) is 5.53. The molecule has 1 atom stereocenters. The predicted octanol–water partition coefficient (Wildman–Crippen LogP) is 2.15. The highest BCUT2D eigenvalue weighted by Gasteiger charge is 2.36. The van der Waals surface area contributed by atoms with E-state index in [1.165, 1.54) is 23.5 Å². The Labute approximate surface area is 170 Å². The number of hydrogen-bond acceptors (Lipinski definition) is 5. The number of carbonyl (C=O) groups excluding carboxylic acids is 2. The first-order valence-corrected chi connectivity index (χ1v) is 11.3. The minimum absolute atomic E-state index is 0.0284. The number of likely N-dealkylation sites (tertiary alicyclic amines) is 1. The number of halogens is 1. The molecular weight excluding hydrogens is 404 g/mol. The number of ether oxygens (including phenoxy) is 1. The maximum Gasteiger partial charge on any atom is 0.308 e. The van der Waals surface area contributed by atoms with Crippen LogP contribution in [0, 0.1) is 11.8 Å². The smallest absolute Gasteiger partial charge is 0.308 e. The van der Waals surface area contributed by atoms with E-state index in [0.717, 1.165) is 0 Å². The molecule has 0 N–H and O–H groups in total. The van der Waals surface area contributed by atoms with E-state index in [1.807, 2.05) is 0 Å². The molecule has 2 fully saturated rings. The summed E-state index contributed by atoms with van der Waals surface area (Å²) in [5, 5.41) is 0.473. The first kappa shape index (κ1) is 21.1. The van der Waals surface area contributed by atoms with Crippen LogP contribution in [0.15, 0.2) is 29.2 Å². The van der Waals surface area contributed by atoms with Crippen molar-refractivity contribution < 1.29 is 22.7 Å². The molecule has 154 valence electrons. The molecule has 0 saturated carbocycles. The SMILES string of the molecule is COC(=O)C1CCN(C(=O)[C@H]2CCCN(S(=O)(=O)c3ccc(Cl)cc3)C2)CC1. The van der Waals surface area contributed by atoms with E-state index in [1.54, 1.807) is 17.0 Å². The quantitative estimate of drug-likeness (QED) is 0.686. The first-order valence-electron chi connectivity index (χ1n) is 9.45. The molecule has 0 bridgehead atoms. The summed E-state index contributed by atoms with van der Waals surface area (Å²) in [5.41, 5.74) is 0. The third kappa shape index (κ3) is 4.50. The highest BCUT2D eigenvalue weighted by atomic mass is 35.5. The summed E-state index contributed by atoms with van der Waals surface area (Å²) in [4.78, 5) is 26.5. The highest BCUT2D eigenvalue weighted by molar-refractivity contribution is 7.89. The van der Waals surface area contributed by atoms with Crippen molar-refractivity contribution in [2.75, 3.05) is 33.3 Å². The van der Waals surface area contributed by atoms with Gasteiger partial charge in [0, 0.05) is 31.2 Å². The number of carbonyl (C=O) groups is 2. The standard InChI is InChI=1S/C19H25ClN2O5S/c1-27-19(24)14-8-11-21(12-9-14)18(23)15-3-2-10-22(13-15)28(25,26)17-6-4-16(20)5-7-17/h4-7,14-15H,2-3,8-13H2,1H3/t15-/m0/s1. The van der Waals surface area contributed by atoms with Crippen LogP contribution in [0.25, 0.3) is 0 Å². The van der Waals surface area contributed by atoms with Crippen molar-refractivity contribution in [3.8, 4) is 0 Å². The van der Waals surface area contributed by atoms with Crippen molar-refractivity contribution in [2.24, 2.45) is 11.8 Å². The van der Waals surface area contributed by atoms with Gasteiger partial charge in [-0.2, -0.15) is 4.31 Å². The number of amides is 1. The minimum Gasteiger partial charge on any atom is -0.469 e. The molecule has 7 nitrogen and oxygen atoms in total. The minimum atomic E-state index is -3.66. The molecule has 0 spiro atoms. The van der Waals surface area contributed by atoms with Crippen molar-refractivity contribution in [3.05, 3.63) is 29.3 Å². The lowest BCUT2D eigenvalue weighted by atomic mass is 9.93. The number of sulfonamides is 1. The Morgan fingerprint density at radius 3 is 2.29 bits per heavy atom. The van der Waals surface area contributed by atoms with Gasteiger partial charge in [-0.15, -0.1) is 0 Å². The average Bonchev–Trinajstić information content (AvgIpc) is 2.73. The summed E-state index contributed by atoms with van der Waals surface area (Å²) in [6.07, 6.45) is 2.47. The van der Waals surface area contributed by atoms with E-state index in [9.17, 15) is 18.0 Å². The maximum absolute atomic E-state index is 12.9. The summed E-state index contributed by atoms with van der Waals surface area (Å²) in [6, 6.07) is 6.07. The van der Waals surface area contributed by atoms with Gasteiger partial charge >= 0.3 is 5.97 Å². The van der Waals surface area contributed by atoms with E-state index in [-0.39, 0.29) is 35.2 Å². The molecular formula is C19H25ClN2O5S. The zero-order valence-corrected chi connectivity index (χ0v) is 17.4. The number of benzene rings is 1. The first-order chi connectivity index (χ1) is 13.3. The van der Waals surface area contributed by atoms with E-state index < -0.39 is 10.0 Å². The van der Waals surface area contributed by atoms with Crippen LogP contribution in [0.4, 0.5) is 0 Å². The molecule has 1 aromatic rings. The number of nitrogens with zero attached hydrogens (tertiary/aromatic N) is 2. The molecule has 1 aromatic carbocycles. The maximum atomic E-state index is 12.9. The Balaban J connectivity index is 1.64. The summed E-state index contributed by atoms with van der Waals surface area (Å²) < 4.78 is 32.0. The topological polar surface area (TPSA) is 84.0 Å². The van der Waals surface area contributed by atoms with E-state index in [2.05, 4.69) is 0 Å². The Morgan fingerprint density at radius 1 is 1.04 bits per heavy atom. The summed E-state index contributed by atoms with van der Waals surface area (Å²) in [7, 11) is -2.28. The number of esters is 1. The lowest BCUT2D eigenvalue weighted by Crippen LogP contribution is -2.49. The van der Waals surface area contributed by atoms with E-state index >= 15 is 0 Å². The fourth-order valence-electron chi connectivity index (χ4n) is 3.88. The molecule has 9 heteroatoms. The summed E-state index contributed by atoms with van der Waals surface area (Å²) >= 11 is 5.85. The van der Waals surface area contributed by atoms with E-state index in [0.29, 0.717) is 50.3 Å². The molecule has 2 aliphatic heterocycles. The van der Waals surface area contributed by atoms with Crippen LogP contribution in [0.3, 0.4) is 0 Å². The lowest BCUT2D eigenvalue weighted by molar-refractivity contribution is -0.149. The van der Waals surface area contributed by atoms with Crippen LogP contribution in [0.2, 0.25) is 5.02 Å². The number of hydrogen-bond donors (Lipinski definition) is 0. The van der Waals surface area contributed by atoms with Gasteiger partial charge in [0.25, 0.3) is 0 Å². The second-order valence-corrected chi connectivity index (χ2v) is 9.65. The summed E-state index contributed by atoms with van der Waals surface area (Å²) in [6.45, 7) is 1.58. The van der Waals surface area contributed by atoms with Gasteiger partial charge in [0.1, 0.15) is 0 Å². The van der Waals surface area contributed by atoms with Crippen molar-refractivity contribution in [3.63, 3.8) is 0 Å². The molecule has 28 heavy (non-hydrogen) atoms. The van der Waals surface area contributed by atoms with Crippen molar-refractivity contribution in [1.29, 1.82) is 0 Å². The van der Waals surface area contributed by atoms with Crippen LogP contribution in [0.5, 0.6) is 0 Å².